The quantitative estimate of drug-likeness (QED) is 0.876. The number of aromatic nitrogens is 2. The Morgan fingerprint density at radius 2 is 2.16 bits per heavy atom. The molecule has 0 bridgehead atoms. The third kappa shape index (κ3) is 4.02. The number of nitrogens with zero attached hydrogens (tertiary/aromatic N) is 3. The van der Waals surface area contributed by atoms with Gasteiger partial charge in [0.15, 0.2) is 0 Å². The molecule has 1 aromatic heterocycles. The van der Waals surface area contributed by atoms with E-state index in [1.807, 2.05) is 36.0 Å². The van der Waals surface area contributed by atoms with Crippen LogP contribution < -0.4 is 5.32 Å². The average Bonchev–Trinajstić information content (AvgIpc) is 3.22. The summed E-state index contributed by atoms with van der Waals surface area (Å²) in [6.07, 6.45) is 4.69. The van der Waals surface area contributed by atoms with Crippen LogP contribution in [0.4, 0.5) is 4.79 Å². The lowest BCUT2D eigenvalue weighted by atomic mass is 10.0. The van der Waals surface area contributed by atoms with Gasteiger partial charge in [0.1, 0.15) is 0 Å². The smallest absolute Gasteiger partial charge is 0.318 e. The number of hydrogen-bond acceptors (Lipinski definition) is 3. The van der Waals surface area contributed by atoms with E-state index in [0.29, 0.717) is 19.0 Å². The third-order valence-corrected chi connectivity index (χ3v) is 5.01. The Balaban J connectivity index is 1.60. The van der Waals surface area contributed by atoms with Crippen molar-refractivity contribution in [1.29, 1.82) is 0 Å². The van der Waals surface area contributed by atoms with Gasteiger partial charge < -0.3 is 15.3 Å². The van der Waals surface area contributed by atoms with Crippen LogP contribution in [0.5, 0.6) is 0 Å². The fourth-order valence-electron chi connectivity index (χ4n) is 3.35. The van der Waals surface area contributed by atoms with E-state index in [9.17, 15) is 9.90 Å². The van der Waals surface area contributed by atoms with Crippen molar-refractivity contribution in [2.45, 2.75) is 38.9 Å². The summed E-state index contributed by atoms with van der Waals surface area (Å²) in [5, 5.41) is 16.9. The number of amides is 2. The minimum atomic E-state index is -0.132. The summed E-state index contributed by atoms with van der Waals surface area (Å²) in [5.74, 6) is 0.333. The zero-order valence-corrected chi connectivity index (χ0v) is 14.8. The summed E-state index contributed by atoms with van der Waals surface area (Å²) in [7, 11) is 0. The van der Waals surface area contributed by atoms with E-state index >= 15 is 0 Å². The molecule has 0 unspecified atom stereocenters. The molecule has 2 amide bonds. The van der Waals surface area contributed by atoms with E-state index in [0.717, 1.165) is 12.0 Å². The topological polar surface area (TPSA) is 70.4 Å². The van der Waals surface area contributed by atoms with Gasteiger partial charge in [-0.2, -0.15) is 5.10 Å². The Morgan fingerprint density at radius 1 is 1.40 bits per heavy atom. The number of benzene rings is 1. The largest absolute Gasteiger partial charge is 0.394 e. The highest BCUT2D eigenvalue weighted by Crippen LogP contribution is 2.24. The molecule has 0 aliphatic carbocycles. The maximum Gasteiger partial charge on any atom is 0.318 e. The van der Waals surface area contributed by atoms with Gasteiger partial charge in [0, 0.05) is 18.3 Å². The lowest BCUT2D eigenvalue weighted by molar-refractivity contribution is 0.142. The summed E-state index contributed by atoms with van der Waals surface area (Å²) >= 11 is 0. The summed E-state index contributed by atoms with van der Waals surface area (Å²) in [6.45, 7) is 5.44. The highest BCUT2D eigenvalue weighted by Gasteiger charge is 2.34. The number of urea groups is 1. The molecule has 1 aliphatic heterocycles. The van der Waals surface area contributed by atoms with Gasteiger partial charge in [-0.1, -0.05) is 37.3 Å². The third-order valence-electron chi connectivity index (χ3n) is 5.01. The number of rotatable bonds is 5. The lowest BCUT2D eigenvalue weighted by Crippen LogP contribution is -2.46. The molecule has 3 rings (SSSR count). The molecule has 0 saturated carbocycles. The fraction of sp³-hybridized carbons (Fsp3) is 0.474. The maximum absolute atomic E-state index is 12.5. The van der Waals surface area contributed by atoms with Gasteiger partial charge in [-0.05, 0) is 24.8 Å². The number of aliphatic hydroxyl groups is 1. The van der Waals surface area contributed by atoms with Crippen LogP contribution in [-0.2, 0) is 6.54 Å². The van der Waals surface area contributed by atoms with Gasteiger partial charge >= 0.3 is 6.03 Å². The second-order valence-corrected chi connectivity index (χ2v) is 6.84. The van der Waals surface area contributed by atoms with Crippen LogP contribution in [0.1, 0.15) is 37.4 Å². The number of carbonyl (C=O) groups excluding carboxylic acids is 1. The van der Waals surface area contributed by atoms with Crippen molar-refractivity contribution < 1.29 is 9.90 Å². The number of likely N-dealkylation sites (tertiary alicyclic amines) is 1. The first-order valence-electron chi connectivity index (χ1n) is 8.82. The molecule has 0 radical (unpaired) electrons. The molecule has 3 atom stereocenters. The van der Waals surface area contributed by atoms with Crippen molar-refractivity contribution in [1.82, 2.24) is 20.0 Å². The minimum absolute atomic E-state index is 0.0119. The number of nitrogens with one attached hydrogen (secondary N) is 1. The molecule has 25 heavy (non-hydrogen) atoms. The first kappa shape index (κ1) is 17.5. The van der Waals surface area contributed by atoms with E-state index < -0.39 is 0 Å². The Kier molecular flexibility index (Phi) is 5.38. The van der Waals surface area contributed by atoms with Crippen LogP contribution in [0.3, 0.4) is 0 Å². The zero-order valence-electron chi connectivity index (χ0n) is 14.8. The lowest BCUT2D eigenvalue weighted by Gasteiger charge is -2.27. The predicted octanol–water partition coefficient (Wildman–Crippen LogP) is 2.40. The normalized spacial score (nSPS) is 21.3. The molecule has 2 heterocycles. The Morgan fingerprint density at radius 3 is 2.88 bits per heavy atom. The second-order valence-electron chi connectivity index (χ2n) is 6.84. The van der Waals surface area contributed by atoms with Crippen LogP contribution >= 0.6 is 0 Å². The molecule has 1 fully saturated rings. The van der Waals surface area contributed by atoms with E-state index in [4.69, 9.17) is 0 Å². The number of carbonyl (C=O) groups is 1. The molecule has 134 valence electrons. The first-order chi connectivity index (χ1) is 12.1. The molecule has 2 aromatic rings. The maximum atomic E-state index is 12.5. The molecule has 1 aliphatic rings. The van der Waals surface area contributed by atoms with E-state index in [-0.39, 0.29) is 24.7 Å². The van der Waals surface area contributed by atoms with Gasteiger partial charge in [-0.15, -0.1) is 0 Å². The Bertz CT molecular complexity index is 700. The second kappa shape index (κ2) is 7.70. The van der Waals surface area contributed by atoms with Crippen molar-refractivity contribution >= 4 is 6.03 Å². The molecule has 0 spiro atoms. The summed E-state index contributed by atoms with van der Waals surface area (Å²) in [4.78, 5) is 14.3. The summed E-state index contributed by atoms with van der Waals surface area (Å²) in [5.41, 5.74) is 2.16. The molecule has 1 saturated heterocycles. The fourth-order valence-corrected chi connectivity index (χ4v) is 3.35. The molecule has 6 nitrogen and oxygen atoms in total. The minimum Gasteiger partial charge on any atom is -0.394 e. The Hall–Kier alpha value is -2.34. The molecular weight excluding hydrogens is 316 g/mol. The van der Waals surface area contributed by atoms with Gasteiger partial charge in [-0.25, -0.2) is 4.79 Å². The van der Waals surface area contributed by atoms with Gasteiger partial charge in [-0.3, -0.25) is 4.68 Å². The van der Waals surface area contributed by atoms with Crippen LogP contribution in [-0.4, -0.2) is 45.0 Å². The van der Waals surface area contributed by atoms with Crippen molar-refractivity contribution in [3.05, 3.63) is 53.9 Å². The molecule has 1 aromatic carbocycles. The highest BCUT2D eigenvalue weighted by atomic mass is 16.3. The number of hydrogen-bond donors (Lipinski definition) is 2. The van der Waals surface area contributed by atoms with E-state index in [2.05, 4.69) is 29.5 Å². The van der Waals surface area contributed by atoms with Gasteiger partial charge in [0.25, 0.3) is 0 Å². The zero-order chi connectivity index (χ0) is 17.8. The van der Waals surface area contributed by atoms with E-state index in [1.54, 1.807) is 11.1 Å². The van der Waals surface area contributed by atoms with Crippen LogP contribution in [0.15, 0.2) is 42.7 Å². The molecule has 2 N–H and O–H groups in total. The highest BCUT2D eigenvalue weighted by molar-refractivity contribution is 5.75. The summed E-state index contributed by atoms with van der Waals surface area (Å²) in [6, 6.07) is 9.81. The van der Waals surface area contributed by atoms with Gasteiger partial charge in [0.2, 0.25) is 0 Å². The molecule has 6 heteroatoms. The van der Waals surface area contributed by atoms with Crippen LogP contribution in [0, 0.1) is 5.92 Å². The van der Waals surface area contributed by atoms with Crippen molar-refractivity contribution in [3.63, 3.8) is 0 Å². The van der Waals surface area contributed by atoms with E-state index in [1.165, 1.54) is 5.56 Å². The monoisotopic (exact) mass is 342 g/mol. The average molecular weight is 342 g/mol. The van der Waals surface area contributed by atoms with Crippen molar-refractivity contribution in [2.24, 2.45) is 5.92 Å². The first-order valence-corrected chi connectivity index (χ1v) is 8.82. The van der Waals surface area contributed by atoms with Gasteiger partial charge in [0.05, 0.1) is 31.4 Å². The van der Waals surface area contributed by atoms with Crippen LogP contribution in [0.2, 0.25) is 0 Å². The Labute approximate surface area is 148 Å². The number of aliphatic hydroxyl groups excluding tert-OH is 1. The predicted molar refractivity (Wildman–Crippen MR) is 96.1 cm³/mol. The standard InChI is InChI=1S/C19H26N4O2/c1-14-8-9-23(18(14)13-24)19(25)21-15(2)17-10-20-22(12-17)11-16-6-4-3-5-7-16/h3-7,10,12,14-15,18,24H,8-9,11,13H2,1-2H3,(H,21,25)/t14-,15+,18+/m1/s1. The van der Waals surface area contributed by atoms with Crippen molar-refractivity contribution in [3.8, 4) is 0 Å². The molecular formula is C19H26N4O2. The SMILES string of the molecule is C[C@H](NC(=O)N1CC[C@@H](C)[C@@H]1CO)c1cnn(Cc2ccccc2)c1. The van der Waals surface area contributed by atoms with Crippen LogP contribution in [0.25, 0.3) is 0 Å². The summed E-state index contributed by atoms with van der Waals surface area (Å²) < 4.78 is 1.88. The van der Waals surface area contributed by atoms with Crippen molar-refractivity contribution in [2.75, 3.05) is 13.2 Å².